The lowest BCUT2D eigenvalue weighted by Crippen LogP contribution is -2.34. The minimum atomic E-state index is -0.624. The number of nitrogens with one attached hydrogen (secondary N) is 1. The standard InChI is InChI=1S/C22H19ClN4O4/c23-14-9-15-21(25-18(14)12-3-5-13(6-4-12)27-7-1-2-8-27)26-22(24-15)31-17-11-30-19-16(28)10-29-20(17)19/h1-9,16-17,19-20,28H,10-11H2,(H,24,25,26)/t16-,17-,19-,20?/m1/s1. The van der Waals surface area contributed by atoms with Crippen molar-refractivity contribution in [2.45, 2.75) is 24.4 Å². The maximum atomic E-state index is 9.88. The normalized spacial score (nSPS) is 25.2. The summed E-state index contributed by atoms with van der Waals surface area (Å²) in [5.74, 6) is 0. The summed E-state index contributed by atoms with van der Waals surface area (Å²) in [7, 11) is 0. The Morgan fingerprint density at radius 3 is 2.65 bits per heavy atom. The van der Waals surface area contributed by atoms with Crippen LogP contribution in [0.1, 0.15) is 0 Å². The summed E-state index contributed by atoms with van der Waals surface area (Å²) in [4.78, 5) is 12.2. The largest absolute Gasteiger partial charge is 0.456 e. The first-order chi connectivity index (χ1) is 15.2. The monoisotopic (exact) mass is 438 g/mol. The van der Waals surface area contributed by atoms with Crippen molar-refractivity contribution in [2.24, 2.45) is 0 Å². The number of aliphatic hydroxyl groups is 1. The van der Waals surface area contributed by atoms with Gasteiger partial charge in [0.2, 0.25) is 0 Å². The van der Waals surface area contributed by atoms with E-state index in [9.17, 15) is 5.11 Å². The first-order valence-corrected chi connectivity index (χ1v) is 10.4. The molecule has 1 aromatic carbocycles. The average molecular weight is 439 g/mol. The van der Waals surface area contributed by atoms with Gasteiger partial charge >= 0.3 is 0 Å². The van der Waals surface area contributed by atoms with Crippen LogP contribution in [-0.2, 0) is 9.47 Å². The molecule has 9 heteroatoms. The van der Waals surface area contributed by atoms with Gasteiger partial charge < -0.3 is 28.9 Å². The fourth-order valence-electron chi connectivity index (χ4n) is 4.14. The molecule has 8 nitrogen and oxygen atoms in total. The molecule has 2 saturated heterocycles. The van der Waals surface area contributed by atoms with E-state index in [1.165, 1.54) is 0 Å². The van der Waals surface area contributed by atoms with Crippen molar-refractivity contribution >= 4 is 22.8 Å². The molecule has 0 spiro atoms. The fraction of sp³-hybridized carbons (Fsp3) is 0.273. The molecular formula is C22H19ClN4O4. The number of pyridine rings is 1. The topological polar surface area (TPSA) is 94.4 Å². The Morgan fingerprint density at radius 2 is 1.84 bits per heavy atom. The van der Waals surface area contributed by atoms with E-state index >= 15 is 0 Å². The van der Waals surface area contributed by atoms with Gasteiger partial charge in [0.1, 0.15) is 18.3 Å². The van der Waals surface area contributed by atoms with E-state index in [1.54, 1.807) is 6.07 Å². The van der Waals surface area contributed by atoms with Crippen LogP contribution in [0, 0.1) is 0 Å². The number of aromatic amines is 1. The third-order valence-corrected chi connectivity index (χ3v) is 5.98. The molecular weight excluding hydrogens is 420 g/mol. The number of nitrogens with zero attached hydrogens (tertiary/aromatic N) is 3. The predicted octanol–water partition coefficient (Wildman–Crippen LogP) is 2.97. The first kappa shape index (κ1) is 18.8. The summed E-state index contributed by atoms with van der Waals surface area (Å²) in [6, 6.07) is 14.1. The molecule has 0 bridgehead atoms. The van der Waals surface area contributed by atoms with Gasteiger partial charge in [-0.05, 0) is 30.3 Å². The molecule has 4 aromatic rings. The summed E-state index contributed by atoms with van der Waals surface area (Å²) >= 11 is 6.52. The smallest absolute Gasteiger partial charge is 0.296 e. The van der Waals surface area contributed by atoms with Crippen LogP contribution in [0.2, 0.25) is 5.02 Å². The van der Waals surface area contributed by atoms with Crippen LogP contribution in [0.5, 0.6) is 6.01 Å². The molecule has 6 rings (SSSR count). The fourth-order valence-corrected chi connectivity index (χ4v) is 4.40. The highest BCUT2D eigenvalue weighted by molar-refractivity contribution is 6.33. The number of halogens is 1. The zero-order valence-corrected chi connectivity index (χ0v) is 17.1. The number of rotatable bonds is 4. The number of benzene rings is 1. The summed E-state index contributed by atoms with van der Waals surface area (Å²) in [5.41, 5.74) is 3.78. The Labute approximate surface area is 182 Å². The van der Waals surface area contributed by atoms with Gasteiger partial charge in [-0.1, -0.05) is 23.7 Å². The molecule has 0 amide bonds. The van der Waals surface area contributed by atoms with Gasteiger partial charge in [0.15, 0.2) is 11.8 Å². The van der Waals surface area contributed by atoms with Crippen LogP contribution in [0.3, 0.4) is 0 Å². The second-order valence-electron chi connectivity index (χ2n) is 7.69. The quantitative estimate of drug-likeness (QED) is 0.508. The third-order valence-electron chi connectivity index (χ3n) is 5.69. The number of hydrogen-bond acceptors (Lipinski definition) is 6. The highest BCUT2D eigenvalue weighted by Crippen LogP contribution is 2.32. The summed E-state index contributed by atoms with van der Waals surface area (Å²) in [6.07, 6.45) is 2.34. The molecule has 5 heterocycles. The summed E-state index contributed by atoms with van der Waals surface area (Å²) < 4.78 is 19.2. The van der Waals surface area contributed by atoms with E-state index in [-0.39, 0.29) is 24.9 Å². The van der Waals surface area contributed by atoms with Crippen molar-refractivity contribution in [3.05, 3.63) is 59.9 Å². The van der Waals surface area contributed by atoms with Crippen LogP contribution < -0.4 is 4.74 Å². The van der Waals surface area contributed by atoms with E-state index in [0.29, 0.717) is 34.5 Å². The van der Waals surface area contributed by atoms with Crippen LogP contribution in [0.4, 0.5) is 0 Å². The molecule has 2 aliphatic rings. The van der Waals surface area contributed by atoms with Crippen LogP contribution in [0.25, 0.3) is 28.1 Å². The molecule has 3 aromatic heterocycles. The highest BCUT2D eigenvalue weighted by atomic mass is 35.5. The Kier molecular flexibility index (Phi) is 4.46. The molecule has 0 saturated carbocycles. The number of H-pyrrole nitrogens is 1. The minimum absolute atomic E-state index is 0.249. The van der Waals surface area contributed by atoms with Crippen molar-refractivity contribution in [1.29, 1.82) is 0 Å². The molecule has 2 aliphatic heterocycles. The number of ether oxygens (including phenoxy) is 3. The Bertz CT molecular complexity index is 1220. The second-order valence-corrected chi connectivity index (χ2v) is 8.10. The molecule has 2 fully saturated rings. The van der Waals surface area contributed by atoms with E-state index in [2.05, 4.69) is 15.0 Å². The SMILES string of the molecule is O[C@@H]1COC2[C@H](Oc3nc4nc(-c5ccc(-n6cccc6)cc5)c(Cl)cc4[nH]3)CO[C@@H]21. The van der Waals surface area contributed by atoms with Crippen LogP contribution in [-0.4, -0.2) is 62.3 Å². The van der Waals surface area contributed by atoms with Gasteiger partial charge in [-0.15, -0.1) is 0 Å². The number of fused-ring (bicyclic) bond motifs is 2. The first-order valence-electron chi connectivity index (χ1n) is 10.0. The van der Waals surface area contributed by atoms with Crippen molar-refractivity contribution in [3.8, 4) is 23.0 Å². The van der Waals surface area contributed by atoms with Crippen molar-refractivity contribution in [2.75, 3.05) is 13.2 Å². The average Bonchev–Trinajstić information content (AvgIpc) is 3.55. The maximum Gasteiger partial charge on any atom is 0.296 e. The molecule has 31 heavy (non-hydrogen) atoms. The van der Waals surface area contributed by atoms with Gasteiger partial charge in [0, 0.05) is 23.6 Å². The molecule has 0 aliphatic carbocycles. The lowest BCUT2D eigenvalue weighted by molar-refractivity contribution is 0.00706. The minimum Gasteiger partial charge on any atom is -0.456 e. The lowest BCUT2D eigenvalue weighted by atomic mass is 10.1. The molecule has 2 N–H and O–H groups in total. The van der Waals surface area contributed by atoms with Crippen molar-refractivity contribution in [1.82, 2.24) is 19.5 Å². The van der Waals surface area contributed by atoms with Gasteiger partial charge in [0.05, 0.1) is 29.4 Å². The highest BCUT2D eigenvalue weighted by Gasteiger charge is 2.48. The summed E-state index contributed by atoms with van der Waals surface area (Å²) in [5, 5.41) is 10.4. The van der Waals surface area contributed by atoms with Crippen molar-refractivity contribution in [3.63, 3.8) is 0 Å². The number of imidazole rings is 1. The molecule has 0 radical (unpaired) electrons. The van der Waals surface area contributed by atoms with E-state index < -0.39 is 6.10 Å². The van der Waals surface area contributed by atoms with Crippen molar-refractivity contribution < 1.29 is 19.3 Å². The predicted molar refractivity (Wildman–Crippen MR) is 114 cm³/mol. The van der Waals surface area contributed by atoms with E-state index in [1.807, 2.05) is 53.4 Å². The lowest BCUT2D eigenvalue weighted by Gasteiger charge is -2.15. The number of aliphatic hydroxyl groups excluding tert-OH is 1. The van der Waals surface area contributed by atoms with Gasteiger partial charge in [-0.3, -0.25) is 0 Å². The number of hydrogen-bond donors (Lipinski definition) is 2. The Balaban J connectivity index is 1.27. The zero-order chi connectivity index (χ0) is 20.9. The van der Waals surface area contributed by atoms with E-state index in [0.717, 1.165) is 11.3 Å². The third kappa shape index (κ3) is 3.28. The molecule has 4 atom stereocenters. The summed E-state index contributed by atoms with van der Waals surface area (Å²) in [6.45, 7) is 0.579. The van der Waals surface area contributed by atoms with Gasteiger partial charge in [-0.2, -0.15) is 4.98 Å². The van der Waals surface area contributed by atoms with Crippen LogP contribution in [0.15, 0.2) is 54.9 Å². The number of aromatic nitrogens is 4. The van der Waals surface area contributed by atoms with Gasteiger partial charge in [-0.25, -0.2) is 4.98 Å². The molecule has 1 unspecified atom stereocenters. The van der Waals surface area contributed by atoms with Gasteiger partial charge in [0.25, 0.3) is 6.01 Å². The molecule has 158 valence electrons. The van der Waals surface area contributed by atoms with E-state index in [4.69, 9.17) is 25.8 Å². The maximum absolute atomic E-state index is 9.88. The second kappa shape index (κ2) is 7.35. The Morgan fingerprint density at radius 1 is 1.06 bits per heavy atom. The zero-order valence-electron chi connectivity index (χ0n) is 16.3. The Hall–Kier alpha value is -2.91. The van der Waals surface area contributed by atoms with Crippen LogP contribution >= 0.6 is 11.6 Å².